The van der Waals surface area contributed by atoms with E-state index in [0.29, 0.717) is 11.3 Å². The number of ether oxygens (including phenoxy) is 2. The van der Waals surface area contributed by atoms with Gasteiger partial charge in [-0.2, -0.15) is 0 Å². The van der Waals surface area contributed by atoms with Crippen LogP contribution in [-0.2, 0) is 21.2 Å². The minimum atomic E-state index is -3.86. The molecular weight excluding hydrogens is 342 g/mol. The van der Waals surface area contributed by atoms with Crippen molar-refractivity contribution in [2.75, 3.05) is 18.9 Å². The van der Waals surface area contributed by atoms with Gasteiger partial charge in [0, 0.05) is 0 Å². The van der Waals surface area contributed by atoms with E-state index in [1.54, 1.807) is 25.1 Å². The first-order valence-electron chi connectivity index (χ1n) is 7.71. The van der Waals surface area contributed by atoms with E-state index in [0.717, 1.165) is 12.0 Å². The number of sulfonamides is 1. The molecule has 0 heterocycles. The molecular formula is C18H21NO5S. The van der Waals surface area contributed by atoms with Crippen LogP contribution in [-0.4, -0.2) is 28.6 Å². The third-order valence-corrected chi connectivity index (χ3v) is 5.18. The van der Waals surface area contributed by atoms with Gasteiger partial charge >= 0.3 is 5.97 Å². The number of hydrogen-bond acceptors (Lipinski definition) is 5. The second-order valence-electron chi connectivity index (χ2n) is 5.46. The Balaban J connectivity index is 2.48. The molecule has 1 N–H and O–H groups in total. The van der Waals surface area contributed by atoms with Crippen molar-refractivity contribution in [1.29, 1.82) is 0 Å². The van der Waals surface area contributed by atoms with Crippen LogP contribution in [0.3, 0.4) is 0 Å². The van der Waals surface area contributed by atoms with Gasteiger partial charge in [-0.3, -0.25) is 4.72 Å². The van der Waals surface area contributed by atoms with E-state index in [1.807, 2.05) is 13.0 Å². The van der Waals surface area contributed by atoms with Gasteiger partial charge in [0.25, 0.3) is 10.0 Å². The van der Waals surface area contributed by atoms with Gasteiger partial charge in [-0.25, -0.2) is 13.2 Å². The fraction of sp³-hybridized carbons (Fsp3) is 0.278. The lowest BCUT2D eigenvalue weighted by Crippen LogP contribution is -2.17. The van der Waals surface area contributed by atoms with Gasteiger partial charge in [-0.05, 0) is 54.8 Å². The number of methoxy groups -OCH3 is 2. The number of benzene rings is 2. The monoisotopic (exact) mass is 363 g/mol. The van der Waals surface area contributed by atoms with E-state index in [4.69, 9.17) is 9.47 Å². The number of nitrogens with one attached hydrogen (secondary N) is 1. The number of esters is 1. The average Bonchev–Trinajstić information content (AvgIpc) is 2.62. The Morgan fingerprint density at radius 2 is 1.76 bits per heavy atom. The molecule has 0 saturated carbocycles. The van der Waals surface area contributed by atoms with Crippen molar-refractivity contribution in [3.05, 3.63) is 53.1 Å². The lowest BCUT2D eigenvalue weighted by Gasteiger charge is -2.16. The van der Waals surface area contributed by atoms with Crippen LogP contribution >= 0.6 is 0 Å². The maximum Gasteiger partial charge on any atom is 0.340 e. The predicted octanol–water partition coefficient (Wildman–Crippen LogP) is 3.15. The van der Waals surface area contributed by atoms with Gasteiger partial charge in [0.05, 0.1) is 30.4 Å². The molecule has 2 rings (SSSR count). The molecule has 25 heavy (non-hydrogen) atoms. The van der Waals surface area contributed by atoms with Crippen molar-refractivity contribution in [3.63, 3.8) is 0 Å². The van der Waals surface area contributed by atoms with E-state index in [1.165, 1.54) is 26.4 Å². The highest BCUT2D eigenvalue weighted by atomic mass is 32.2. The van der Waals surface area contributed by atoms with Gasteiger partial charge in [-0.15, -0.1) is 0 Å². The molecule has 134 valence electrons. The van der Waals surface area contributed by atoms with Crippen molar-refractivity contribution >= 4 is 21.7 Å². The Hall–Kier alpha value is -2.54. The summed E-state index contributed by atoms with van der Waals surface area (Å²) in [4.78, 5) is 12.2. The Bertz CT molecular complexity index is 873. The maximum absolute atomic E-state index is 12.7. The van der Waals surface area contributed by atoms with E-state index in [-0.39, 0.29) is 16.1 Å². The molecule has 0 unspecified atom stereocenters. The maximum atomic E-state index is 12.7. The number of anilines is 1. The summed E-state index contributed by atoms with van der Waals surface area (Å²) in [7, 11) is -1.09. The number of carbonyl (C=O) groups is 1. The fourth-order valence-corrected chi connectivity index (χ4v) is 3.57. The normalized spacial score (nSPS) is 11.0. The van der Waals surface area contributed by atoms with E-state index >= 15 is 0 Å². The Kier molecular flexibility index (Phi) is 5.69. The quantitative estimate of drug-likeness (QED) is 0.797. The molecule has 0 radical (unpaired) electrons. The van der Waals surface area contributed by atoms with Crippen LogP contribution in [0.5, 0.6) is 5.75 Å². The van der Waals surface area contributed by atoms with Gasteiger partial charge in [-0.1, -0.05) is 13.0 Å². The number of carbonyl (C=O) groups excluding carboxylic acids is 1. The minimum Gasteiger partial charge on any atom is -0.497 e. The lowest BCUT2D eigenvalue weighted by atomic mass is 10.0. The van der Waals surface area contributed by atoms with Crippen LogP contribution in [0.4, 0.5) is 5.69 Å². The number of aryl methyl sites for hydroxylation is 2. The molecule has 0 aliphatic carbocycles. The van der Waals surface area contributed by atoms with Crippen LogP contribution in [0.15, 0.2) is 41.3 Å². The van der Waals surface area contributed by atoms with Crippen molar-refractivity contribution in [2.24, 2.45) is 0 Å². The standard InChI is InChI=1S/C18H21NO5S/c1-5-13-10-12(2)17(16(11-13)18(20)24-4)19-25(21,22)15-8-6-14(23-3)7-9-15/h6-11,19H,5H2,1-4H3. The van der Waals surface area contributed by atoms with Crippen molar-refractivity contribution in [3.8, 4) is 5.75 Å². The van der Waals surface area contributed by atoms with Crippen LogP contribution in [0.2, 0.25) is 0 Å². The molecule has 0 saturated heterocycles. The topological polar surface area (TPSA) is 81.7 Å². The zero-order valence-electron chi connectivity index (χ0n) is 14.6. The first-order valence-corrected chi connectivity index (χ1v) is 9.19. The minimum absolute atomic E-state index is 0.0723. The summed E-state index contributed by atoms with van der Waals surface area (Å²) in [6.45, 7) is 3.70. The fourth-order valence-electron chi connectivity index (χ4n) is 2.42. The summed E-state index contributed by atoms with van der Waals surface area (Å²) in [5, 5.41) is 0. The van der Waals surface area contributed by atoms with E-state index in [9.17, 15) is 13.2 Å². The highest BCUT2D eigenvalue weighted by Gasteiger charge is 2.21. The zero-order chi connectivity index (χ0) is 18.6. The molecule has 6 nitrogen and oxygen atoms in total. The number of rotatable bonds is 6. The third-order valence-electron chi connectivity index (χ3n) is 3.82. The van der Waals surface area contributed by atoms with Crippen LogP contribution in [0.1, 0.15) is 28.4 Å². The molecule has 0 aromatic heterocycles. The first-order chi connectivity index (χ1) is 11.8. The van der Waals surface area contributed by atoms with Crippen molar-refractivity contribution in [1.82, 2.24) is 0 Å². The average molecular weight is 363 g/mol. The molecule has 0 aliphatic rings. The largest absolute Gasteiger partial charge is 0.497 e. The van der Waals surface area contributed by atoms with Gasteiger partial charge in [0.2, 0.25) is 0 Å². The SMILES string of the molecule is CCc1cc(C)c(NS(=O)(=O)c2ccc(OC)cc2)c(C(=O)OC)c1. The second-order valence-corrected chi connectivity index (χ2v) is 7.14. The predicted molar refractivity (Wildman–Crippen MR) is 95.7 cm³/mol. The highest BCUT2D eigenvalue weighted by molar-refractivity contribution is 7.92. The summed E-state index contributed by atoms with van der Waals surface area (Å²) in [6.07, 6.45) is 0.719. The van der Waals surface area contributed by atoms with Crippen molar-refractivity contribution in [2.45, 2.75) is 25.2 Å². The Morgan fingerprint density at radius 3 is 2.28 bits per heavy atom. The summed E-state index contributed by atoms with van der Waals surface area (Å²) < 4.78 is 37.7. The van der Waals surface area contributed by atoms with E-state index < -0.39 is 16.0 Å². The molecule has 0 spiro atoms. The summed E-state index contributed by atoms with van der Waals surface area (Å²) in [6, 6.07) is 9.48. The molecule has 0 aliphatic heterocycles. The molecule has 0 fully saturated rings. The lowest BCUT2D eigenvalue weighted by molar-refractivity contribution is 0.0601. The second kappa shape index (κ2) is 7.57. The Labute approximate surface area is 147 Å². The summed E-state index contributed by atoms with van der Waals surface area (Å²) in [5.41, 5.74) is 1.98. The van der Waals surface area contributed by atoms with Crippen LogP contribution < -0.4 is 9.46 Å². The Morgan fingerprint density at radius 1 is 1.12 bits per heavy atom. The molecule has 0 atom stereocenters. The molecule has 0 amide bonds. The summed E-state index contributed by atoms with van der Waals surface area (Å²) in [5.74, 6) is -0.0384. The summed E-state index contributed by atoms with van der Waals surface area (Å²) >= 11 is 0. The molecule has 2 aromatic carbocycles. The van der Waals surface area contributed by atoms with Gasteiger partial charge < -0.3 is 9.47 Å². The molecule has 2 aromatic rings. The van der Waals surface area contributed by atoms with Crippen LogP contribution in [0.25, 0.3) is 0 Å². The van der Waals surface area contributed by atoms with E-state index in [2.05, 4.69) is 4.72 Å². The smallest absolute Gasteiger partial charge is 0.340 e. The van der Waals surface area contributed by atoms with Gasteiger partial charge in [0.1, 0.15) is 5.75 Å². The first kappa shape index (κ1) is 18.8. The molecule has 7 heteroatoms. The van der Waals surface area contributed by atoms with Crippen molar-refractivity contribution < 1.29 is 22.7 Å². The highest BCUT2D eigenvalue weighted by Crippen LogP contribution is 2.27. The number of hydrogen-bond donors (Lipinski definition) is 1. The van der Waals surface area contributed by atoms with Crippen LogP contribution in [0, 0.1) is 6.92 Å². The van der Waals surface area contributed by atoms with Gasteiger partial charge in [0.15, 0.2) is 0 Å². The zero-order valence-corrected chi connectivity index (χ0v) is 15.4. The third kappa shape index (κ3) is 4.11. The molecule has 0 bridgehead atoms.